The van der Waals surface area contributed by atoms with E-state index in [1.807, 2.05) is 67.6 Å². The maximum atomic E-state index is 10.3. The van der Waals surface area contributed by atoms with Gasteiger partial charge in [0.1, 0.15) is 25.1 Å². The molecule has 3 aromatic carbocycles. The molecule has 0 aliphatic heterocycles. The van der Waals surface area contributed by atoms with Gasteiger partial charge in [0.25, 0.3) is 0 Å². The molecule has 3 N–H and O–H groups in total. The van der Waals surface area contributed by atoms with Crippen LogP contribution in [0.25, 0.3) is 21.8 Å². The first-order valence-corrected chi connectivity index (χ1v) is 10.6. The van der Waals surface area contributed by atoms with Crippen molar-refractivity contribution in [2.24, 2.45) is 0 Å². The van der Waals surface area contributed by atoms with Gasteiger partial charge in [-0.2, -0.15) is 0 Å². The highest BCUT2D eigenvalue weighted by molar-refractivity contribution is 6.10. The van der Waals surface area contributed by atoms with Crippen LogP contribution in [0.15, 0.2) is 66.7 Å². The van der Waals surface area contributed by atoms with E-state index in [1.165, 1.54) is 0 Å². The normalized spacial score (nSPS) is 12.2. The maximum absolute atomic E-state index is 10.3. The van der Waals surface area contributed by atoms with E-state index >= 15 is 0 Å². The van der Waals surface area contributed by atoms with Crippen molar-refractivity contribution in [3.8, 4) is 17.2 Å². The van der Waals surface area contributed by atoms with Crippen molar-refractivity contribution in [1.82, 2.24) is 10.3 Å². The van der Waals surface area contributed by atoms with Gasteiger partial charge in [-0.05, 0) is 37.3 Å². The summed E-state index contributed by atoms with van der Waals surface area (Å²) in [6.45, 7) is 4.25. The number of hydrogen-bond acceptors (Lipinski definition) is 5. The Balaban J connectivity index is 1.25. The molecule has 0 saturated heterocycles. The van der Waals surface area contributed by atoms with E-state index in [1.54, 1.807) is 0 Å². The van der Waals surface area contributed by atoms with Crippen LogP contribution < -0.4 is 19.5 Å². The number of aromatic amines is 1. The summed E-state index contributed by atoms with van der Waals surface area (Å²) in [5.41, 5.74) is 2.09. The van der Waals surface area contributed by atoms with Crippen LogP contribution in [0.5, 0.6) is 17.2 Å². The molecule has 6 heteroatoms. The highest BCUT2D eigenvalue weighted by atomic mass is 16.5. The summed E-state index contributed by atoms with van der Waals surface area (Å²) in [4.78, 5) is 3.40. The van der Waals surface area contributed by atoms with E-state index in [0.29, 0.717) is 26.3 Å². The number of aliphatic hydroxyl groups is 1. The highest BCUT2D eigenvalue weighted by Crippen LogP contribution is 2.33. The lowest BCUT2D eigenvalue weighted by atomic mass is 10.1. The first-order valence-electron chi connectivity index (χ1n) is 10.6. The molecule has 0 amide bonds. The highest BCUT2D eigenvalue weighted by Gasteiger charge is 2.11. The monoisotopic (exact) mass is 420 g/mol. The number of hydrogen-bond donors (Lipinski definition) is 3. The second-order valence-corrected chi connectivity index (χ2v) is 7.25. The van der Waals surface area contributed by atoms with Crippen molar-refractivity contribution >= 4 is 21.8 Å². The minimum Gasteiger partial charge on any atom is -0.490 e. The summed E-state index contributed by atoms with van der Waals surface area (Å²) in [5, 5.41) is 15.7. The second kappa shape index (κ2) is 10.2. The Bertz CT molecular complexity index is 1120. The van der Waals surface area contributed by atoms with Gasteiger partial charge in [-0.1, -0.05) is 36.4 Å². The van der Waals surface area contributed by atoms with Crippen molar-refractivity contribution in [2.75, 3.05) is 32.9 Å². The van der Waals surface area contributed by atoms with Gasteiger partial charge in [-0.25, -0.2) is 0 Å². The standard InChI is InChI=1S/C25H28N2O4/c1-2-29-22-11-5-6-12-23(22)30-15-14-26-16-18(28)17-31-24-13-7-10-21-25(24)19-8-3-4-9-20(19)27-21/h3-13,18,26-28H,2,14-17H2,1H3. The molecule has 0 aliphatic carbocycles. The Morgan fingerprint density at radius 1 is 0.839 bits per heavy atom. The average molecular weight is 421 g/mol. The molecule has 6 nitrogen and oxygen atoms in total. The number of nitrogens with one attached hydrogen (secondary N) is 2. The molecule has 162 valence electrons. The maximum Gasteiger partial charge on any atom is 0.161 e. The number of fused-ring (bicyclic) bond motifs is 3. The molecule has 1 aromatic heterocycles. The smallest absolute Gasteiger partial charge is 0.161 e. The summed E-state index contributed by atoms with van der Waals surface area (Å²) < 4.78 is 17.3. The van der Waals surface area contributed by atoms with Crippen molar-refractivity contribution in [3.63, 3.8) is 0 Å². The molecular weight excluding hydrogens is 392 g/mol. The zero-order valence-corrected chi connectivity index (χ0v) is 17.6. The van der Waals surface area contributed by atoms with Crippen LogP contribution in [0.3, 0.4) is 0 Å². The summed E-state index contributed by atoms with van der Waals surface area (Å²) in [6, 6.07) is 21.7. The molecular formula is C25H28N2O4. The lowest BCUT2D eigenvalue weighted by Crippen LogP contribution is -2.33. The van der Waals surface area contributed by atoms with Gasteiger partial charge in [0.05, 0.1) is 12.1 Å². The largest absolute Gasteiger partial charge is 0.490 e. The number of H-pyrrole nitrogens is 1. The van der Waals surface area contributed by atoms with Crippen LogP contribution in [-0.2, 0) is 0 Å². The van der Waals surface area contributed by atoms with Crippen LogP contribution in [0.4, 0.5) is 0 Å². The Morgan fingerprint density at radius 2 is 1.55 bits per heavy atom. The molecule has 31 heavy (non-hydrogen) atoms. The SMILES string of the molecule is CCOc1ccccc1OCCNCC(O)COc1cccc2[nH]c3ccccc3c12. The van der Waals surface area contributed by atoms with E-state index in [-0.39, 0.29) is 6.61 Å². The van der Waals surface area contributed by atoms with E-state index < -0.39 is 6.10 Å². The fraction of sp³-hybridized carbons (Fsp3) is 0.280. The van der Waals surface area contributed by atoms with Crippen LogP contribution in [-0.4, -0.2) is 49.1 Å². The molecule has 0 radical (unpaired) electrons. The van der Waals surface area contributed by atoms with Gasteiger partial charge in [0, 0.05) is 29.4 Å². The number of rotatable bonds is 11. The van der Waals surface area contributed by atoms with Gasteiger partial charge < -0.3 is 29.6 Å². The molecule has 4 rings (SSSR count). The summed E-state index contributed by atoms with van der Waals surface area (Å²) in [7, 11) is 0. The summed E-state index contributed by atoms with van der Waals surface area (Å²) >= 11 is 0. The van der Waals surface area contributed by atoms with Gasteiger partial charge >= 0.3 is 0 Å². The molecule has 0 bridgehead atoms. The third-order valence-corrected chi connectivity index (χ3v) is 4.99. The van der Waals surface area contributed by atoms with Crippen molar-refractivity contribution < 1.29 is 19.3 Å². The number of aromatic nitrogens is 1. The molecule has 0 aliphatic rings. The summed E-state index contributed by atoms with van der Waals surface area (Å²) in [5.74, 6) is 2.23. The van der Waals surface area contributed by atoms with Crippen LogP contribution in [0.1, 0.15) is 6.92 Å². The number of aliphatic hydroxyl groups excluding tert-OH is 1. The lowest BCUT2D eigenvalue weighted by molar-refractivity contribution is 0.106. The quantitative estimate of drug-likeness (QED) is 0.318. The third-order valence-electron chi connectivity index (χ3n) is 4.99. The first-order chi connectivity index (χ1) is 15.3. The summed E-state index contributed by atoms with van der Waals surface area (Å²) in [6.07, 6.45) is -0.629. The molecule has 0 fully saturated rings. The topological polar surface area (TPSA) is 75.7 Å². The van der Waals surface area contributed by atoms with Crippen LogP contribution in [0, 0.1) is 0 Å². The van der Waals surface area contributed by atoms with E-state index in [9.17, 15) is 5.11 Å². The van der Waals surface area contributed by atoms with Gasteiger partial charge in [-0.15, -0.1) is 0 Å². The predicted molar refractivity (Wildman–Crippen MR) is 123 cm³/mol. The number of benzene rings is 3. The van der Waals surface area contributed by atoms with Crippen LogP contribution in [0.2, 0.25) is 0 Å². The fourth-order valence-corrected chi connectivity index (χ4v) is 3.58. The van der Waals surface area contributed by atoms with E-state index in [4.69, 9.17) is 14.2 Å². The average Bonchev–Trinajstić information content (AvgIpc) is 3.18. The Labute approximate surface area is 181 Å². The molecule has 4 aromatic rings. The molecule has 1 heterocycles. The molecule has 0 spiro atoms. The molecule has 1 unspecified atom stereocenters. The Morgan fingerprint density at radius 3 is 2.39 bits per heavy atom. The first kappa shape index (κ1) is 21.0. The number of para-hydroxylation sites is 3. The zero-order valence-electron chi connectivity index (χ0n) is 17.6. The lowest BCUT2D eigenvalue weighted by Gasteiger charge is -2.15. The van der Waals surface area contributed by atoms with E-state index in [2.05, 4.69) is 16.4 Å². The van der Waals surface area contributed by atoms with Gasteiger partial charge in [0.2, 0.25) is 0 Å². The minimum absolute atomic E-state index is 0.208. The van der Waals surface area contributed by atoms with Gasteiger partial charge in [-0.3, -0.25) is 0 Å². The Hall–Kier alpha value is -3.22. The molecule has 0 saturated carbocycles. The van der Waals surface area contributed by atoms with Crippen molar-refractivity contribution in [1.29, 1.82) is 0 Å². The van der Waals surface area contributed by atoms with Crippen LogP contribution >= 0.6 is 0 Å². The van der Waals surface area contributed by atoms with Crippen molar-refractivity contribution in [2.45, 2.75) is 13.0 Å². The Kier molecular flexibility index (Phi) is 6.92. The number of ether oxygens (including phenoxy) is 3. The predicted octanol–water partition coefficient (Wildman–Crippen LogP) is 4.13. The fourth-order valence-electron chi connectivity index (χ4n) is 3.58. The second-order valence-electron chi connectivity index (χ2n) is 7.25. The zero-order chi connectivity index (χ0) is 21.5. The van der Waals surface area contributed by atoms with E-state index in [0.717, 1.165) is 39.1 Å². The third kappa shape index (κ3) is 5.10. The molecule has 1 atom stereocenters. The van der Waals surface area contributed by atoms with Crippen molar-refractivity contribution in [3.05, 3.63) is 66.7 Å². The van der Waals surface area contributed by atoms with Gasteiger partial charge in [0.15, 0.2) is 11.5 Å². The minimum atomic E-state index is -0.629.